The van der Waals surface area contributed by atoms with E-state index in [4.69, 9.17) is 16.3 Å². The molecule has 3 amide bonds. The quantitative estimate of drug-likeness (QED) is 0.303. The van der Waals surface area contributed by atoms with Crippen molar-refractivity contribution in [3.63, 3.8) is 0 Å². The number of rotatable bonds is 7. The van der Waals surface area contributed by atoms with Gasteiger partial charge in [-0.25, -0.2) is 0 Å². The van der Waals surface area contributed by atoms with Crippen LogP contribution >= 0.6 is 39.3 Å². The molecule has 1 aliphatic heterocycles. The van der Waals surface area contributed by atoms with E-state index >= 15 is 0 Å². The van der Waals surface area contributed by atoms with Crippen LogP contribution in [0, 0.1) is 13.8 Å². The fourth-order valence-corrected chi connectivity index (χ4v) is 4.93. The Morgan fingerprint density at radius 2 is 1.92 bits per heavy atom. The van der Waals surface area contributed by atoms with Gasteiger partial charge in [0, 0.05) is 20.7 Å². The minimum absolute atomic E-state index is 0.203. The summed E-state index contributed by atoms with van der Waals surface area (Å²) in [5, 5.41) is 2.97. The number of nitrogens with zero attached hydrogens (tertiary/aromatic N) is 1. The number of halogens is 2. The van der Waals surface area contributed by atoms with Gasteiger partial charge in [0.2, 0.25) is 0 Å². The minimum Gasteiger partial charge on any atom is -0.483 e. The van der Waals surface area contributed by atoms with E-state index in [1.54, 1.807) is 36.4 Å². The van der Waals surface area contributed by atoms with Gasteiger partial charge in [0.15, 0.2) is 6.61 Å². The van der Waals surface area contributed by atoms with Gasteiger partial charge in [0.1, 0.15) is 5.75 Å². The lowest BCUT2D eigenvalue weighted by Crippen LogP contribution is -2.27. The summed E-state index contributed by atoms with van der Waals surface area (Å²) >= 11 is 10.4. The highest BCUT2D eigenvalue weighted by atomic mass is 79.9. The molecule has 0 atom stereocenters. The van der Waals surface area contributed by atoms with Crippen LogP contribution in [0.5, 0.6) is 5.75 Å². The van der Waals surface area contributed by atoms with Crippen molar-refractivity contribution in [3.8, 4) is 5.75 Å². The molecule has 6 nitrogen and oxygen atoms in total. The molecule has 9 heteroatoms. The second-order valence-electron chi connectivity index (χ2n) is 8.24. The Bertz CT molecular complexity index is 1390. The third kappa shape index (κ3) is 6.37. The molecule has 0 aliphatic carbocycles. The third-order valence-electron chi connectivity index (χ3n) is 5.37. The lowest BCUT2D eigenvalue weighted by molar-refractivity contribution is -0.123. The molecule has 4 rings (SSSR count). The van der Waals surface area contributed by atoms with Crippen molar-refractivity contribution in [1.82, 2.24) is 4.90 Å². The first-order chi connectivity index (χ1) is 17.2. The first-order valence-corrected chi connectivity index (χ1v) is 13.0. The minimum atomic E-state index is -0.369. The molecule has 1 aliphatic rings. The number of hydrogen-bond acceptors (Lipinski definition) is 5. The van der Waals surface area contributed by atoms with E-state index in [0.29, 0.717) is 22.0 Å². The summed E-state index contributed by atoms with van der Waals surface area (Å²) in [5.41, 5.74) is 3.98. The van der Waals surface area contributed by atoms with Crippen LogP contribution < -0.4 is 10.1 Å². The molecule has 1 heterocycles. The van der Waals surface area contributed by atoms with E-state index in [9.17, 15) is 14.4 Å². The molecule has 1 N–H and O–H groups in total. The number of hydrogen-bond donors (Lipinski definition) is 1. The summed E-state index contributed by atoms with van der Waals surface area (Å²) in [6, 6.07) is 18.2. The van der Waals surface area contributed by atoms with Crippen LogP contribution in [-0.4, -0.2) is 28.6 Å². The van der Waals surface area contributed by atoms with E-state index in [1.807, 2.05) is 44.2 Å². The summed E-state index contributed by atoms with van der Waals surface area (Å²) in [5.74, 6) is -0.325. The van der Waals surface area contributed by atoms with Crippen molar-refractivity contribution < 1.29 is 19.1 Å². The Kier molecular flexibility index (Phi) is 8.18. The summed E-state index contributed by atoms with van der Waals surface area (Å²) in [7, 11) is 0. The Balaban J connectivity index is 1.47. The number of nitrogens with one attached hydrogen (secondary N) is 1. The molecule has 0 radical (unpaired) electrons. The van der Waals surface area contributed by atoms with Crippen LogP contribution in [0.3, 0.4) is 0 Å². The molecule has 0 bridgehead atoms. The fourth-order valence-electron chi connectivity index (χ4n) is 3.55. The first kappa shape index (κ1) is 26.0. The van der Waals surface area contributed by atoms with Crippen LogP contribution in [0.4, 0.5) is 10.5 Å². The maximum atomic E-state index is 13.0. The number of benzene rings is 3. The molecule has 36 heavy (non-hydrogen) atoms. The fraction of sp³-hybridized carbons (Fsp3) is 0.148. The smallest absolute Gasteiger partial charge is 0.293 e. The van der Waals surface area contributed by atoms with E-state index in [1.165, 1.54) is 4.90 Å². The number of imide groups is 1. The zero-order valence-electron chi connectivity index (χ0n) is 19.5. The molecule has 184 valence electrons. The Hall–Kier alpha value is -3.07. The van der Waals surface area contributed by atoms with Crippen molar-refractivity contribution >= 4 is 68.1 Å². The van der Waals surface area contributed by atoms with Crippen LogP contribution in [0.1, 0.15) is 22.3 Å². The summed E-state index contributed by atoms with van der Waals surface area (Å²) < 4.78 is 6.52. The zero-order chi connectivity index (χ0) is 25.8. The summed E-state index contributed by atoms with van der Waals surface area (Å²) in [4.78, 5) is 39.5. The number of thioether (sulfide) groups is 1. The van der Waals surface area contributed by atoms with Crippen LogP contribution in [0.15, 0.2) is 70.0 Å². The maximum Gasteiger partial charge on any atom is 0.293 e. The SMILES string of the molecule is Cc1cccc(CN2C(=O)S/C(=C\c3cc(Br)ccc3OCC(=O)Nc3ccc(C)c(Cl)c3)C2=O)c1. The topological polar surface area (TPSA) is 75.7 Å². The number of carbonyl (C=O) groups excluding carboxylic acids is 3. The van der Waals surface area contributed by atoms with Gasteiger partial charge in [-0.2, -0.15) is 0 Å². The van der Waals surface area contributed by atoms with Crippen LogP contribution in [0.25, 0.3) is 6.08 Å². The first-order valence-electron chi connectivity index (χ1n) is 11.0. The number of aryl methyl sites for hydroxylation is 2. The average Bonchev–Trinajstić information content (AvgIpc) is 3.08. The van der Waals surface area contributed by atoms with E-state index < -0.39 is 0 Å². The summed E-state index contributed by atoms with van der Waals surface area (Å²) in [6.07, 6.45) is 1.61. The molecule has 0 unspecified atom stereocenters. The molecule has 1 fully saturated rings. The van der Waals surface area contributed by atoms with Gasteiger partial charge in [-0.05, 0) is 73.1 Å². The zero-order valence-corrected chi connectivity index (χ0v) is 22.7. The Labute approximate surface area is 226 Å². The molecule has 1 saturated heterocycles. The van der Waals surface area contributed by atoms with Crippen molar-refractivity contribution in [2.24, 2.45) is 0 Å². The lowest BCUT2D eigenvalue weighted by Gasteiger charge is -2.13. The summed E-state index contributed by atoms with van der Waals surface area (Å²) in [6.45, 7) is 3.79. The highest BCUT2D eigenvalue weighted by Gasteiger charge is 2.35. The van der Waals surface area contributed by atoms with Crippen LogP contribution in [0.2, 0.25) is 5.02 Å². The van der Waals surface area contributed by atoms with E-state index in [-0.39, 0.29) is 35.1 Å². The van der Waals surface area contributed by atoms with Gasteiger partial charge in [0.05, 0.1) is 11.4 Å². The van der Waals surface area contributed by atoms with E-state index in [0.717, 1.165) is 32.9 Å². The van der Waals surface area contributed by atoms with Crippen molar-refractivity contribution in [1.29, 1.82) is 0 Å². The highest BCUT2D eigenvalue weighted by molar-refractivity contribution is 9.10. The molecular formula is C27H22BrClN2O4S. The van der Waals surface area contributed by atoms with Crippen molar-refractivity contribution in [2.45, 2.75) is 20.4 Å². The molecule has 0 spiro atoms. The van der Waals surface area contributed by atoms with Crippen molar-refractivity contribution in [3.05, 3.63) is 97.3 Å². The van der Waals surface area contributed by atoms with Gasteiger partial charge in [-0.1, -0.05) is 63.4 Å². The van der Waals surface area contributed by atoms with Crippen molar-refractivity contribution in [2.75, 3.05) is 11.9 Å². The largest absolute Gasteiger partial charge is 0.483 e. The second-order valence-corrected chi connectivity index (χ2v) is 10.6. The lowest BCUT2D eigenvalue weighted by atomic mass is 10.1. The molecule has 0 aromatic heterocycles. The van der Waals surface area contributed by atoms with Crippen LogP contribution in [-0.2, 0) is 16.1 Å². The predicted molar refractivity (Wildman–Crippen MR) is 147 cm³/mol. The van der Waals surface area contributed by atoms with Gasteiger partial charge < -0.3 is 10.1 Å². The second kappa shape index (κ2) is 11.3. The molecule has 3 aromatic carbocycles. The monoisotopic (exact) mass is 584 g/mol. The maximum absolute atomic E-state index is 13.0. The predicted octanol–water partition coefficient (Wildman–Crippen LogP) is 6.97. The molecule has 3 aromatic rings. The number of ether oxygens (including phenoxy) is 1. The Morgan fingerprint density at radius 1 is 1.11 bits per heavy atom. The standard InChI is InChI=1S/C27H22BrClN2O4S/c1-16-4-3-5-18(10-16)14-31-26(33)24(36-27(31)34)12-19-11-20(28)7-9-23(19)35-15-25(32)30-21-8-6-17(2)22(29)13-21/h3-13H,14-15H2,1-2H3,(H,30,32)/b24-12-. The molecular weight excluding hydrogens is 564 g/mol. The average molecular weight is 586 g/mol. The van der Waals surface area contributed by atoms with Gasteiger partial charge in [-0.3, -0.25) is 19.3 Å². The Morgan fingerprint density at radius 3 is 2.67 bits per heavy atom. The van der Waals surface area contributed by atoms with Gasteiger partial charge >= 0.3 is 0 Å². The third-order valence-corrected chi connectivity index (χ3v) is 7.18. The number of carbonyl (C=O) groups is 3. The highest BCUT2D eigenvalue weighted by Crippen LogP contribution is 2.35. The van der Waals surface area contributed by atoms with E-state index in [2.05, 4.69) is 21.2 Å². The molecule has 0 saturated carbocycles. The normalized spacial score (nSPS) is 14.4. The van der Waals surface area contributed by atoms with Gasteiger partial charge in [-0.15, -0.1) is 0 Å². The number of anilines is 1. The van der Waals surface area contributed by atoms with Gasteiger partial charge in [0.25, 0.3) is 17.1 Å². The number of amides is 3.